The third-order valence-electron chi connectivity index (χ3n) is 8.08. The van der Waals surface area contributed by atoms with Crippen molar-refractivity contribution in [2.24, 2.45) is 5.92 Å². The van der Waals surface area contributed by atoms with E-state index in [1.807, 2.05) is 19.9 Å². The zero-order valence-corrected chi connectivity index (χ0v) is 22.7. The zero-order valence-electron chi connectivity index (χ0n) is 22.7. The van der Waals surface area contributed by atoms with E-state index in [4.69, 9.17) is 4.74 Å². The van der Waals surface area contributed by atoms with Gasteiger partial charge in [-0.25, -0.2) is 14.3 Å². The van der Waals surface area contributed by atoms with Crippen molar-refractivity contribution >= 4 is 11.7 Å². The Hall–Kier alpha value is -3.22. The summed E-state index contributed by atoms with van der Waals surface area (Å²) in [5.74, 6) is 0.876. The van der Waals surface area contributed by atoms with E-state index in [9.17, 15) is 9.90 Å². The van der Waals surface area contributed by atoms with E-state index >= 15 is 0 Å². The number of hydrogen-bond donors (Lipinski definition) is 1. The maximum atomic E-state index is 13.4. The Morgan fingerprint density at radius 1 is 1.14 bits per heavy atom. The number of carbonyl (C=O) groups is 1. The quantitative estimate of drug-likeness (QED) is 0.422. The lowest BCUT2D eigenvalue weighted by atomic mass is 9.76. The minimum atomic E-state index is -0.680. The molecule has 2 aliphatic rings. The van der Waals surface area contributed by atoms with E-state index < -0.39 is 11.6 Å². The second-order valence-corrected chi connectivity index (χ2v) is 11.9. The summed E-state index contributed by atoms with van der Waals surface area (Å²) in [6.45, 7) is 10.5. The molecule has 3 aromatic rings. The van der Waals surface area contributed by atoms with E-state index in [2.05, 4.69) is 60.1 Å². The van der Waals surface area contributed by atoms with E-state index in [1.165, 1.54) is 11.1 Å². The number of cyclic esters (lactones) is 1. The molecule has 0 radical (unpaired) electrons. The summed E-state index contributed by atoms with van der Waals surface area (Å²) in [4.78, 5) is 22.3. The monoisotopic (exact) mass is 502 g/mol. The molecule has 1 N–H and O–H groups in total. The van der Waals surface area contributed by atoms with Gasteiger partial charge >= 0.3 is 5.97 Å². The highest BCUT2D eigenvalue weighted by atomic mass is 16.6. The molecule has 0 spiro atoms. The minimum absolute atomic E-state index is 0.0745. The van der Waals surface area contributed by atoms with Gasteiger partial charge in [-0.1, -0.05) is 57.9 Å². The van der Waals surface area contributed by atoms with Crippen molar-refractivity contribution in [1.29, 1.82) is 0 Å². The average Bonchev–Trinajstić information content (AvgIpc) is 3.50. The summed E-state index contributed by atoms with van der Waals surface area (Å²) in [6, 6.07) is 10.6. The van der Waals surface area contributed by atoms with Crippen LogP contribution in [0, 0.1) is 19.8 Å². The third-order valence-corrected chi connectivity index (χ3v) is 8.08. The zero-order chi connectivity index (χ0) is 26.4. The average molecular weight is 503 g/mol. The van der Waals surface area contributed by atoms with Crippen LogP contribution in [0.15, 0.2) is 41.7 Å². The highest BCUT2D eigenvalue weighted by Crippen LogP contribution is 2.46. The standard InChI is InChI=1S/C30H38N4O3/c1-19-15-20(2)34-28(31-19)32-26(33-34)17-24-25(35)18-30(37-27(24)36,22-10-6-7-11-22)14-13-21-9-8-12-23(16-21)29(3,4)5/h8-9,12,15-16,22,35H,6-7,10-11,13-14,17-18H2,1-5H3. The summed E-state index contributed by atoms with van der Waals surface area (Å²) in [6.07, 6.45) is 6.29. The van der Waals surface area contributed by atoms with Gasteiger partial charge in [0.05, 0.1) is 5.57 Å². The van der Waals surface area contributed by atoms with Crippen LogP contribution in [0.25, 0.3) is 5.78 Å². The molecule has 1 unspecified atom stereocenters. The van der Waals surface area contributed by atoms with Gasteiger partial charge in [-0.3, -0.25) is 0 Å². The number of aliphatic hydroxyl groups is 1. The van der Waals surface area contributed by atoms with Crippen LogP contribution < -0.4 is 0 Å². The molecular formula is C30H38N4O3. The number of esters is 1. The lowest BCUT2D eigenvalue weighted by molar-refractivity contribution is -0.167. The number of carbonyl (C=O) groups excluding carboxylic acids is 1. The molecule has 1 aromatic carbocycles. The Balaban J connectivity index is 1.40. The summed E-state index contributed by atoms with van der Waals surface area (Å²) in [7, 11) is 0. The van der Waals surface area contributed by atoms with Gasteiger partial charge in [0, 0.05) is 24.2 Å². The van der Waals surface area contributed by atoms with Crippen molar-refractivity contribution in [3.05, 3.63) is 70.0 Å². The largest absolute Gasteiger partial charge is 0.512 e. The second-order valence-electron chi connectivity index (χ2n) is 11.9. The Bertz CT molecular complexity index is 1360. The van der Waals surface area contributed by atoms with Crippen LogP contribution in [0.4, 0.5) is 0 Å². The molecule has 7 heteroatoms. The van der Waals surface area contributed by atoms with Crippen molar-refractivity contribution in [2.75, 3.05) is 0 Å². The lowest BCUT2D eigenvalue weighted by Gasteiger charge is -2.42. The predicted molar refractivity (Wildman–Crippen MR) is 142 cm³/mol. The summed E-state index contributed by atoms with van der Waals surface area (Å²) < 4.78 is 7.98. The van der Waals surface area contributed by atoms with Crippen molar-refractivity contribution < 1.29 is 14.6 Å². The predicted octanol–water partition coefficient (Wildman–Crippen LogP) is 5.90. The molecule has 1 atom stereocenters. The van der Waals surface area contributed by atoms with Gasteiger partial charge < -0.3 is 9.84 Å². The van der Waals surface area contributed by atoms with Crippen LogP contribution in [0.1, 0.15) is 87.6 Å². The number of hydrogen-bond acceptors (Lipinski definition) is 6. The van der Waals surface area contributed by atoms with Crippen molar-refractivity contribution in [3.63, 3.8) is 0 Å². The summed E-state index contributed by atoms with van der Waals surface area (Å²) in [5, 5.41) is 15.7. The van der Waals surface area contributed by atoms with Crippen LogP contribution in [0.2, 0.25) is 0 Å². The Morgan fingerprint density at radius 2 is 1.89 bits per heavy atom. The molecule has 2 aromatic heterocycles. The van der Waals surface area contributed by atoms with E-state index in [-0.39, 0.29) is 29.1 Å². The highest BCUT2D eigenvalue weighted by molar-refractivity contribution is 5.90. The van der Waals surface area contributed by atoms with Crippen molar-refractivity contribution in [2.45, 2.75) is 97.0 Å². The topological polar surface area (TPSA) is 89.6 Å². The number of rotatable bonds is 6. The number of aromatic nitrogens is 4. The summed E-state index contributed by atoms with van der Waals surface area (Å²) in [5.41, 5.74) is 3.96. The molecule has 3 heterocycles. The van der Waals surface area contributed by atoms with Crippen LogP contribution in [-0.4, -0.2) is 36.3 Å². The summed E-state index contributed by atoms with van der Waals surface area (Å²) >= 11 is 0. The first-order valence-corrected chi connectivity index (χ1v) is 13.5. The van der Waals surface area contributed by atoms with Gasteiger partial charge in [0.1, 0.15) is 11.4 Å². The van der Waals surface area contributed by atoms with Crippen molar-refractivity contribution in [3.8, 4) is 0 Å². The van der Waals surface area contributed by atoms with Crippen LogP contribution in [0.5, 0.6) is 0 Å². The molecular weight excluding hydrogens is 464 g/mol. The third kappa shape index (κ3) is 5.13. The smallest absolute Gasteiger partial charge is 0.338 e. The van der Waals surface area contributed by atoms with Crippen molar-refractivity contribution in [1.82, 2.24) is 19.6 Å². The molecule has 37 heavy (non-hydrogen) atoms. The number of fused-ring (bicyclic) bond motifs is 1. The number of benzene rings is 1. The van der Waals surface area contributed by atoms with Crippen LogP contribution in [-0.2, 0) is 27.8 Å². The SMILES string of the molecule is Cc1cc(C)n2nc(CC3=C(O)CC(CCc4cccc(C(C)(C)C)c4)(C4CCCC4)OC3=O)nc2n1. The molecule has 1 saturated carbocycles. The number of nitrogens with zero attached hydrogens (tertiary/aromatic N) is 4. The Morgan fingerprint density at radius 3 is 2.59 bits per heavy atom. The fraction of sp³-hybridized carbons (Fsp3) is 0.533. The molecule has 0 bridgehead atoms. The molecule has 0 saturated heterocycles. The fourth-order valence-corrected chi connectivity index (χ4v) is 5.98. The molecule has 1 aliphatic carbocycles. The van der Waals surface area contributed by atoms with Gasteiger partial charge in [0.15, 0.2) is 5.82 Å². The molecule has 1 fully saturated rings. The molecule has 7 nitrogen and oxygen atoms in total. The van der Waals surface area contributed by atoms with Gasteiger partial charge in [-0.05, 0) is 68.1 Å². The van der Waals surface area contributed by atoms with Gasteiger partial charge in [-0.15, -0.1) is 5.10 Å². The van der Waals surface area contributed by atoms with Crippen LogP contribution >= 0.6 is 0 Å². The first-order valence-electron chi connectivity index (χ1n) is 13.5. The molecule has 5 rings (SSSR count). The van der Waals surface area contributed by atoms with E-state index in [0.717, 1.165) is 43.5 Å². The lowest BCUT2D eigenvalue weighted by Crippen LogP contribution is -2.46. The van der Waals surface area contributed by atoms with Gasteiger partial charge in [0.2, 0.25) is 0 Å². The van der Waals surface area contributed by atoms with Crippen LogP contribution in [0.3, 0.4) is 0 Å². The fourth-order valence-electron chi connectivity index (χ4n) is 5.98. The number of aliphatic hydroxyl groups excluding tert-OH is 1. The minimum Gasteiger partial charge on any atom is -0.512 e. The first-order chi connectivity index (χ1) is 17.5. The van der Waals surface area contributed by atoms with E-state index in [0.29, 0.717) is 24.4 Å². The molecule has 196 valence electrons. The number of ether oxygens (including phenoxy) is 1. The maximum Gasteiger partial charge on any atom is 0.338 e. The normalized spacial score (nSPS) is 21.2. The van der Waals surface area contributed by atoms with E-state index in [1.54, 1.807) is 4.52 Å². The Kier molecular flexibility index (Phi) is 6.59. The maximum absolute atomic E-state index is 13.4. The highest BCUT2D eigenvalue weighted by Gasteiger charge is 2.48. The Labute approximate surface area is 219 Å². The first kappa shape index (κ1) is 25.4. The molecule has 1 aliphatic heterocycles. The second kappa shape index (κ2) is 9.58. The van der Waals surface area contributed by atoms with Gasteiger partial charge in [-0.2, -0.15) is 4.98 Å². The number of aryl methyl sites for hydroxylation is 3. The van der Waals surface area contributed by atoms with Gasteiger partial charge in [0.25, 0.3) is 5.78 Å². The molecule has 0 amide bonds.